The van der Waals surface area contributed by atoms with Gasteiger partial charge in [-0.3, -0.25) is 14.2 Å². The molecule has 1 amide bonds. The predicted molar refractivity (Wildman–Crippen MR) is 82.7 cm³/mol. The van der Waals surface area contributed by atoms with E-state index < -0.39 is 0 Å². The summed E-state index contributed by atoms with van der Waals surface area (Å²) in [5.41, 5.74) is 1.93. The highest BCUT2D eigenvalue weighted by Gasteiger charge is 2.30. The second-order valence-corrected chi connectivity index (χ2v) is 7.20. The van der Waals surface area contributed by atoms with Crippen LogP contribution in [0.1, 0.15) is 44.0 Å². The molecule has 2 heterocycles. The third kappa shape index (κ3) is 2.86. The maximum atomic E-state index is 12.6. The summed E-state index contributed by atoms with van der Waals surface area (Å²) in [7, 11) is 0. The molecule has 2 aliphatic rings. The molecule has 0 fully saturated rings. The second-order valence-electron chi connectivity index (χ2n) is 6.22. The third-order valence-electron chi connectivity index (χ3n) is 4.00. The van der Waals surface area contributed by atoms with Crippen LogP contribution in [0.15, 0.2) is 9.95 Å². The quantitative estimate of drug-likeness (QED) is 0.857. The van der Waals surface area contributed by atoms with Gasteiger partial charge in [-0.1, -0.05) is 25.6 Å². The van der Waals surface area contributed by atoms with Gasteiger partial charge in [-0.05, 0) is 25.2 Å². The number of fused-ring (bicyclic) bond motifs is 2. The lowest BCUT2D eigenvalue weighted by atomic mass is 10.2. The highest BCUT2D eigenvalue weighted by Crippen LogP contribution is 2.33. The number of thioether (sulfide) groups is 1. The third-order valence-corrected chi connectivity index (χ3v) is 5.10. The average molecular weight is 307 g/mol. The van der Waals surface area contributed by atoms with Crippen molar-refractivity contribution < 1.29 is 4.79 Å². The zero-order valence-corrected chi connectivity index (χ0v) is 13.3. The van der Waals surface area contributed by atoms with Gasteiger partial charge in [0.1, 0.15) is 0 Å². The van der Waals surface area contributed by atoms with E-state index in [9.17, 15) is 9.59 Å². The van der Waals surface area contributed by atoms with Crippen molar-refractivity contribution in [2.24, 2.45) is 5.92 Å². The normalized spacial score (nSPS) is 19.7. The number of nitrogens with zero attached hydrogens (tertiary/aromatic N) is 2. The molecule has 6 heteroatoms. The Hall–Kier alpha value is -1.30. The summed E-state index contributed by atoms with van der Waals surface area (Å²) in [6, 6.07) is -0.0527. The van der Waals surface area contributed by atoms with Crippen molar-refractivity contribution in [3.63, 3.8) is 0 Å². The van der Waals surface area contributed by atoms with Crippen LogP contribution in [-0.4, -0.2) is 27.8 Å². The fourth-order valence-corrected chi connectivity index (χ4v) is 4.06. The number of hydrogen-bond acceptors (Lipinski definition) is 4. The molecule has 1 aromatic rings. The van der Waals surface area contributed by atoms with Gasteiger partial charge >= 0.3 is 0 Å². The summed E-state index contributed by atoms with van der Waals surface area (Å²) in [4.78, 5) is 29.2. The minimum absolute atomic E-state index is 0.0227. The zero-order valence-electron chi connectivity index (χ0n) is 12.5. The predicted octanol–water partition coefficient (Wildman–Crippen LogP) is 1.54. The molecule has 1 unspecified atom stereocenters. The monoisotopic (exact) mass is 307 g/mol. The average Bonchev–Trinajstić information content (AvgIpc) is 3.04. The summed E-state index contributed by atoms with van der Waals surface area (Å²) < 4.78 is 1.75. The van der Waals surface area contributed by atoms with Gasteiger partial charge in [0.2, 0.25) is 5.91 Å². The first-order valence-electron chi connectivity index (χ1n) is 7.60. The van der Waals surface area contributed by atoms with E-state index in [1.165, 1.54) is 0 Å². The molecule has 1 N–H and O–H groups in total. The molecule has 1 atom stereocenters. The minimum Gasteiger partial charge on any atom is -0.356 e. The van der Waals surface area contributed by atoms with Gasteiger partial charge in [-0.2, -0.15) is 0 Å². The fourth-order valence-electron chi connectivity index (χ4n) is 2.91. The van der Waals surface area contributed by atoms with E-state index in [-0.39, 0.29) is 17.5 Å². The van der Waals surface area contributed by atoms with E-state index in [1.54, 1.807) is 16.3 Å². The summed E-state index contributed by atoms with van der Waals surface area (Å²) in [5.74, 6) is 1.22. The van der Waals surface area contributed by atoms with Crippen LogP contribution in [0.4, 0.5) is 0 Å². The van der Waals surface area contributed by atoms with Crippen molar-refractivity contribution in [1.82, 2.24) is 14.9 Å². The molecular weight excluding hydrogens is 286 g/mol. The molecule has 3 rings (SSSR count). The van der Waals surface area contributed by atoms with E-state index in [0.29, 0.717) is 18.9 Å². The van der Waals surface area contributed by atoms with Crippen molar-refractivity contribution in [2.45, 2.75) is 50.7 Å². The molecule has 5 nitrogen and oxygen atoms in total. The Morgan fingerprint density at radius 2 is 2.29 bits per heavy atom. The van der Waals surface area contributed by atoms with E-state index >= 15 is 0 Å². The van der Waals surface area contributed by atoms with E-state index in [2.05, 4.69) is 24.1 Å². The van der Waals surface area contributed by atoms with Crippen molar-refractivity contribution in [3.05, 3.63) is 21.6 Å². The minimum atomic E-state index is -0.0527. The van der Waals surface area contributed by atoms with Gasteiger partial charge in [0.25, 0.3) is 5.56 Å². The number of carbonyl (C=O) groups is 1. The zero-order chi connectivity index (χ0) is 15.0. The fraction of sp³-hybridized carbons (Fsp3) is 0.667. The number of amides is 1. The SMILES string of the molecule is CC(C)CNC(=O)CC1CSc2nc3c(c(=O)n21)CCC3. The van der Waals surface area contributed by atoms with Gasteiger partial charge in [0.15, 0.2) is 5.16 Å². The topological polar surface area (TPSA) is 64.0 Å². The largest absolute Gasteiger partial charge is 0.356 e. The van der Waals surface area contributed by atoms with Crippen LogP contribution < -0.4 is 10.9 Å². The van der Waals surface area contributed by atoms with Gasteiger partial charge in [0.05, 0.1) is 11.7 Å². The number of aryl methyl sites for hydroxylation is 1. The van der Waals surface area contributed by atoms with Gasteiger partial charge in [0, 0.05) is 24.3 Å². The van der Waals surface area contributed by atoms with E-state index in [0.717, 1.165) is 41.4 Å². The summed E-state index contributed by atoms with van der Waals surface area (Å²) in [6.07, 6.45) is 3.13. The molecule has 114 valence electrons. The molecule has 0 bridgehead atoms. The molecule has 21 heavy (non-hydrogen) atoms. The maximum Gasteiger partial charge on any atom is 0.257 e. The van der Waals surface area contributed by atoms with Crippen LogP contribution in [0.3, 0.4) is 0 Å². The van der Waals surface area contributed by atoms with Crippen LogP contribution in [0.2, 0.25) is 0 Å². The van der Waals surface area contributed by atoms with Crippen molar-refractivity contribution in [2.75, 3.05) is 12.3 Å². The van der Waals surface area contributed by atoms with Gasteiger partial charge in [-0.15, -0.1) is 0 Å². The number of hydrogen-bond donors (Lipinski definition) is 1. The summed E-state index contributed by atoms with van der Waals surface area (Å²) >= 11 is 1.59. The Labute approximate surface area is 128 Å². The van der Waals surface area contributed by atoms with Crippen molar-refractivity contribution in [1.29, 1.82) is 0 Å². The molecule has 1 aromatic heterocycles. The van der Waals surface area contributed by atoms with Crippen molar-refractivity contribution >= 4 is 17.7 Å². The Balaban J connectivity index is 1.78. The number of nitrogens with one attached hydrogen (secondary N) is 1. The van der Waals surface area contributed by atoms with Crippen LogP contribution in [0.5, 0.6) is 0 Å². The first kappa shape index (κ1) is 14.6. The summed E-state index contributed by atoms with van der Waals surface area (Å²) in [5, 5.41) is 3.72. The molecule has 0 saturated carbocycles. The molecule has 0 spiro atoms. The number of rotatable bonds is 4. The molecular formula is C15H21N3O2S. The molecule has 1 aliphatic heterocycles. The maximum absolute atomic E-state index is 12.6. The van der Waals surface area contributed by atoms with E-state index in [4.69, 9.17) is 0 Å². The highest BCUT2D eigenvalue weighted by atomic mass is 32.2. The first-order chi connectivity index (χ1) is 10.1. The van der Waals surface area contributed by atoms with Gasteiger partial charge < -0.3 is 5.32 Å². The summed E-state index contributed by atoms with van der Waals surface area (Å²) in [6.45, 7) is 4.82. The van der Waals surface area contributed by atoms with Crippen molar-refractivity contribution in [3.8, 4) is 0 Å². The van der Waals surface area contributed by atoms with E-state index in [1.807, 2.05) is 0 Å². The second kappa shape index (κ2) is 5.83. The number of aromatic nitrogens is 2. The molecule has 0 radical (unpaired) electrons. The van der Waals surface area contributed by atoms with Crippen LogP contribution in [0, 0.1) is 5.92 Å². The van der Waals surface area contributed by atoms with Crippen LogP contribution >= 0.6 is 11.8 Å². The number of carbonyl (C=O) groups excluding carboxylic acids is 1. The lowest BCUT2D eigenvalue weighted by Crippen LogP contribution is -2.33. The Morgan fingerprint density at radius 1 is 1.48 bits per heavy atom. The smallest absolute Gasteiger partial charge is 0.257 e. The Bertz CT molecular complexity index is 624. The Kier molecular flexibility index (Phi) is 4.06. The molecule has 0 saturated heterocycles. The molecule has 1 aliphatic carbocycles. The standard InChI is InChI=1S/C15H21N3O2S/c1-9(2)7-16-13(19)6-10-8-21-15-17-12-5-3-4-11(12)14(20)18(10)15/h9-10H,3-8H2,1-2H3,(H,16,19). The Morgan fingerprint density at radius 3 is 3.05 bits per heavy atom. The van der Waals surface area contributed by atoms with Gasteiger partial charge in [-0.25, -0.2) is 4.98 Å². The first-order valence-corrected chi connectivity index (χ1v) is 8.58. The molecule has 0 aromatic carbocycles. The lowest BCUT2D eigenvalue weighted by Gasteiger charge is -2.15. The lowest BCUT2D eigenvalue weighted by molar-refractivity contribution is -0.121. The van der Waals surface area contributed by atoms with Crippen LogP contribution in [-0.2, 0) is 17.6 Å². The highest BCUT2D eigenvalue weighted by molar-refractivity contribution is 7.99. The van der Waals surface area contributed by atoms with Crippen LogP contribution in [0.25, 0.3) is 0 Å².